The van der Waals surface area contributed by atoms with Gasteiger partial charge < -0.3 is 0 Å². The Morgan fingerprint density at radius 3 is 2.67 bits per heavy atom. The van der Waals surface area contributed by atoms with Crippen molar-refractivity contribution in [2.75, 3.05) is 0 Å². The highest BCUT2D eigenvalue weighted by Gasteiger charge is 2.50. The maximum atomic E-state index is 14.2. The Kier molecular flexibility index (Phi) is 4.28. The lowest BCUT2D eigenvalue weighted by Gasteiger charge is -2.28. The number of thiazole rings is 1. The molecule has 0 bridgehead atoms. The van der Waals surface area contributed by atoms with Gasteiger partial charge in [0.25, 0.3) is 5.91 Å². The first-order chi connectivity index (χ1) is 13.0. The number of nitrogens with one attached hydrogen (secondary N) is 1. The van der Waals surface area contributed by atoms with Crippen molar-refractivity contribution in [3.05, 3.63) is 75.8 Å². The zero-order valence-electron chi connectivity index (χ0n) is 14.4. The molecule has 3 aromatic rings. The van der Waals surface area contributed by atoms with E-state index in [1.807, 2.05) is 0 Å². The number of hydroxylamine groups is 1. The Bertz CT molecular complexity index is 1030. The summed E-state index contributed by atoms with van der Waals surface area (Å²) in [7, 11) is 0. The quantitative estimate of drug-likeness (QED) is 0.525. The fraction of sp³-hybridized carbons (Fsp3) is 0.200. The van der Waals surface area contributed by atoms with Gasteiger partial charge in [-0.1, -0.05) is 12.1 Å². The summed E-state index contributed by atoms with van der Waals surface area (Å²) in [5, 5.41) is 10.1. The average Bonchev–Trinajstić information content (AvgIpc) is 3.24. The number of aryl methyl sites for hydroxylation is 1. The van der Waals surface area contributed by atoms with Crippen LogP contribution in [-0.2, 0) is 16.6 Å². The Labute approximate surface area is 158 Å². The van der Waals surface area contributed by atoms with Crippen molar-refractivity contribution in [2.24, 2.45) is 0 Å². The minimum absolute atomic E-state index is 0.341. The average molecular weight is 386 g/mol. The molecular formula is C20H16F2N2O2S. The van der Waals surface area contributed by atoms with E-state index in [-0.39, 0.29) is 5.82 Å². The normalized spacial score (nSPS) is 18.4. The number of fused-ring (bicyclic) bond motifs is 1. The van der Waals surface area contributed by atoms with Crippen LogP contribution in [0.15, 0.2) is 42.5 Å². The third-order valence-electron chi connectivity index (χ3n) is 5.13. The summed E-state index contributed by atoms with van der Waals surface area (Å²) in [5.74, 6) is -1.36. The third kappa shape index (κ3) is 2.65. The molecule has 138 valence electrons. The highest BCUT2D eigenvalue weighted by Crippen LogP contribution is 2.49. The van der Waals surface area contributed by atoms with Gasteiger partial charge in [0.2, 0.25) is 0 Å². The van der Waals surface area contributed by atoms with Gasteiger partial charge in [-0.3, -0.25) is 10.0 Å². The number of carbonyl (C=O) groups is 1. The second-order valence-electron chi connectivity index (χ2n) is 6.56. The van der Waals surface area contributed by atoms with Crippen LogP contribution in [0.4, 0.5) is 8.78 Å². The molecular weight excluding hydrogens is 370 g/mol. The fourth-order valence-corrected chi connectivity index (χ4v) is 5.10. The van der Waals surface area contributed by atoms with E-state index in [1.54, 1.807) is 36.7 Å². The van der Waals surface area contributed by atoms with Gasteiger partial charge in [0, 0.05) is 10.4 Å². The molecule has 0 fully saturated rings. The van der Waals surface area contributed by atoms with Crippen LogP contribution in [0.3, 0.4) is 0 Å². The summed E-state index contributed by atoms with van der Waals surface area (Å²) in [4.78, 5) is 18.1. The number of carbonyl (C=O) groups excluding carboxylic acids is 1. The predicted octanol–water partition coefficient (Wildman–Crippen LogP) is 4.13. The van der Waals surface area contributed by atoms with E-state index in [1.165, 1.54) is 29.5 Å². The molecule has 1 aliphatic rings. The number of rotatable bonds is 3. The number of hydrogen-bond acceptors (Lipinski definition) is 4. The van der Waals surface area contributed by atoms with Gasteiger partial charge in [-0.15, -0.1) is 11.3 Å². The highest BCUT2D eigenvalue weighted by atomic mass is 32.1. The standard InChI is InChI=1S/C20H16F2N2O2S/c1-11-14(3-2-4-15(11)22)20(19(25)24-26)10-9-16-17(20)27-18(23-16)12-5-7-13(21)8-6-12/h2-8,26H,9-10H2,1H3,(H,24,25). The Balaban J connectivity index is 1.91. The van der Waals surface area contributed by atoms with Crippen LogP contribution < -0.4 is 5.48 Å². The molecule has 1 aliphatic carbocycles. The van der Waals surface area contributed by atoms with Crippen LogP contribution in [-0.4, -0.2) is 16.1 Å². The molecule has 4 nitrogen and oxygen atoms in total. The largest absolute Gasteiger partial charge is 0.289 e. The van der Waals surface area contributed by atoms with Crippen LogP contribution in [0.2, 0.25) is 0 Å². The number of benzene rings is 2. The number of aromatic nitrogens is 1. The molecule has 0 radical (unpaired) electrons. The first-order valence-corrected chi connectivity index (χ1v) is 9.25. The van der Waals surface area contributed by atoms with E-state index in [4.69, 9.17) is 0 Å². The molecule has 1 unspecified atom stereocenters. The SMILES string of the molecule is Cc1c(F)cccc1C1(C(=O)NO)CCc2nc(-c3ccc(F)cc3)sc21. The summed E-state index contributed by atoms with van der Waals surface area (Å²) in [6.45, 7) is 1.62. The predicted molar refractivity (Wildman–Crippen MR) is 97.7 cm³/mol. The van der Waals surface area contributed by atoms with Crippen molar-refractivity contribution in [3.8, 4) is 10.6 Å². The summed E-state index contributed by atoms with van der Waals surface area (Å²) in [5.41, 5.74) is 2.92. The molecule has 1 aromatic heterocycles. The molecule has 2 N–H and O–H groups in total. The van der Waals surface area contributed by atoms with E-state index < -0.39 is 17.1 Å². The van der Waals surface area contributed by atoms with E-state index in [0.29, 0.717) is 33.9 Å². The van der Waals surface area contributed by atoms with Crippen LogP contribution in [0.5, 0.6) is 0 Å². The summed E-state index contributed by atoms with van der Waals surface area (Å²) >= 11 is 1.31. The van der Waals surface area contributed by atoms with Gasteiger partial charge in [-0.05, 0) is 61.2 Å². The highest BCUT2D eigenvalue weighted by molar-refractivity contribution is 7.15. The van der Waals surface area contributed by atoms with Crippen molar-refractivity contribution in [3.63, 3.8) is 0 Å². The van der Waals surface area contributed by atoms with E-state index in [0.717, 1.165) is 11.3 Å². The molecule has 0 saturated heterocycles. The maximum absolute atomic E-state index is 14.2. The van der Waals surface area contributed by atoms with Crippen LogP contribution in [0.25, 0.3) is 10.6 Å². The lowest BCUT2D eigenvalue weighted by molar-refractivity contribution is -0.133. The second kappa shape index (κ2) is 6.51. The molecule has 0 spiro atoms. The summed E-state index contributed by atoms with van der Waals surface area (Å²) < 4.78 is 27.4. The summed E-state index contributed by atoms with van der Waals surface area (Å²) in [6, 6.07) is 10.6. The van der Waals surface area contributed by atoms with Crippen LogP contribution in [0, 0.1) is 18.6 Å². The van der Waals surface area contributed by atoms with Gasteiger partial charge in [-0.25, -0.2) is 19.2 Å². The molecule has 2 aromatic carbocycles. The Hall–Kier alpha value is -2.64. The molecule has 4 rings (SSSR count). The molecule has 1 heterocycles. The van der Waals surface area contributed by atoms with Crippen LogP contribution in [0.1, 0.15) is 28.1 Å². The van der Waals surface area contributed by atoms with Gasteiger partial charge in [0.05, 0.1) is 5.69 Å². The first-order valence-electron chi connectivity index (χ1n) is 8.43. The van der Waals surface area contributed by atoms with E-state index in [9.17, 15) is 18.8 Å². The number of nitrogens with zero attached hydrogens (tertiary/aromatic N) is 1. The maximum Gasteiger partial charge on any atom is 0.259 e. The third-order valence-corrected chi connectivity index (χ3v) is 6.44. The van der Waals surface area contributed by atoms with E-state index >= 15 is 0 Å². The van der Waals surface area contributed by atoms with Gasteiger partial charge in [0.1, 0.15) is 22.1 Å². The lowest BCUT2D eigenvalue weighted by Crippen LogP contribution is -2.42. The molecule has 1 atom stereocenters. The Morgan fingerprint density at radius 1 is 1.22 bits per heavy atom. The zero-order valence-corrected chi connectivity index (χ0v) is 15.2. The fourth-order valence-electron chi connectivity index (χ4n) is 3.75. The lowest BCUT2D eigenvalue weighted by atomic mass is 9.76. The van der Waals surface area contributed by atoms with E-state index in [2.05, 4.69) is 4.98 Å². The second-order valence-corrected chi connectivity index (χ2v) is 7.56. The van der Waals surface area contributed by atoms with Gasteiger partial charge >= 0.3 is 0 Å². The van der Waals surface area contributed by atoms with Crippen molar-refractivity contribution < 1.29 is 18.8 Å². The molecule has 1 amide bonds. The molecule has 0 aliphatic heterocycles. The van der Waals surface area contributed by atoms with Crippen molar-refractivity contribution >= 4 is 17.2 Å². The van der Waals surface area contributed by atoms with Crippen LogP contribution >= 0.6 is 11.3 Å². The Morgan fingerprint density at radius 2 is 1.96 bits per heavy atom. The molecule has 7 heteroatoms. The zero-order chi connectivity index (χ0) is 19.2. The van der Waals surface area contributed by atoms with Gasteiger partial charge in [0.15, 0.2) is 0 Å². The minimum atomic E-state index is -1.20. The monoisotopic (exact) mass is 386 g/mol. The number of halogens is 2. The smallest absolute Gasteiger partial charge is 0.259 e. The van der Waals surface area contributed by atoms with Crippen molar-refractivity contribution in [1.29, 1.82) is 0 Å². The number of hydrogen-bond donors (Lipinski definition) is 2. The van der Waals surface area contributed by atoms with Crippen molar-refractivity contribution in [1.82, 2.24) is 10.5 Å². The summed E-state index contributed by atoms with van der Waals surface area (Å²) in [6.07, 6.45) is 0.915. The molecule has 27 heavy (non-hydrogen) atoms. The first kappa shape index (κ1) is 17.8. The minimum Gasteiger partial charge on any atom is -0.289 e. The van der Waals surface area contributed by atoms with Crippen molar-refractivity contribution in [2.45, 2.75) is 25.2 Å². The topological polar surface area (TPSA) is 62.2 Å². The molecule has 0 saturated carbocycles. The number of amides is 1. The van der Waals surface area contributed by atoms with Gasteiger partial charge in [-0.2, -0.15) is 0 Å².